The Labute approximate surface area is 152 Å². The molecule has 0 saturated carbocycles. The number of carbonyl (C=O) groups excluding carboxylic acids is 2. The zero-order valence-corrected chi connectivity index (χ0v) is 14.6. The zero-order chi connectivity index (χ0) is 18.8. The van der Waals surface area contributed by atoms with Crippen LogP contribution < -0.4 is 19.9 Å². The van der Waals surface area contributed by atoms with Crippen molar-refractivity contribution in [1.82, 2.24) is 5.32 Å². The average Bonchev–Trinajstić information content (AvgIpc) is 2.65. The maximum atomic E-state index is 12.1. The summed E-state index contributed by atoms with van der Waals surface area (Å²) in [7, 11) is 0. The number of rotatable bonds is 10. The van der Waals surface area contributed by atoms with E-state index in [-0.39, 0.29) is 13.0 Å². The highest BCUT2D eigenvalue weighted by molar-refractivity contribution is 5.79. The first-order valence-corrected chi connectivity index (χ1v) is 8.48. The number of ether oxygens (including phenoxy) is 2. The first-order chi connectivity index (χ1) is 12.6. The molecule has 0 radical (unpaired) electrons. The van der Waals surface area contributed by atoms with Crippen molar-refractivity contribution >= 4 is 11.9 Å². The molecule has 0 saturated heterocycles. The lowest BCUT2D eigenvalue weighted by atomic mass is 10.0. The van der Waals surface area contributed by atoms with Crippen LogP contribution >= 0.6 is 0 Å². The molecule has 0 bridgehead atoms. The zero-order valence-electron chi connectivity index (χ0n) is 14.6. The summed E-state index contributed by atoms with van der Waals surface area (Å²) in [6.07, 6.45) is 0.568. The second-order valence-electron chi connectivity index (χ2n) is 5.72. The number of carbonyl (C=O) groups is 2. The van der Waals surface area contributed by atoms with Gasteiger partial charge in [-0.3, -0.25) is 4.79 Å². The minimum Gasteiger partial charge on any atom is -0.550 e. The average molecular weight is 356 g/mol. The van der Waals surface area contributed by atoms with Crippen molar-refractivity contribution in [1.29, 1.82) is 0 Å². The van der Waals surface area contributed by atoms with Gasteiger partial charge in [-0.2, -0.15) is 0 Å². The summed E-state index contributed by atoms with van der Waals surface area (Å²) in [6, 6.07) is 15.2. The number of aliphatic carboxylic acids is 1. The van der Waals surface area contributed by atoms with Crippen LogP contribution in [0.25, 0.3) is 0 Å². The largest absolute Gasteiger partial charge is 0.550 e. The van der Waals surface area contributed by atoms with Crippen molar-refractivity contribution in [3.8, 4) is 11.5 Å². The molecule has 0 aromatic heterocycles. The number of nitrogens with one attached hydrogen (secondary N) is 1. The van der Waals surface area contributed by atoms with E-state index in [1.165, 1.54) is 0 Å². The summed E-state index contributed by atoms with van der Waals surface area (Å²) in [5, 5.41) is 13.7. The maximum absolute atomic E-state index is 12.1. The third kappa shape index (κ3) is 6.47. The van der Waals surface area contributed by atoms with Gasteiger partial charge in [0.1, 0.15) is 11.5 Å². The van der Waals surface area contributed by atoms with Gasteiger partial charge in [0.05, 0.1) is 12.6 Å². The maximum Gasteiger partial charge on any atom is 0.258 e. The second kappa shape index (κ2) is 10.1. The summed E-state index contributed by atoms with van der Waals surface area (Å²) in [5.41, 5.74) is 0.658. The third-order valence-electron chi connectivity index (χ3n) is 3.57. The lowest BCUT2D eigenvalue weighted by Gasteiger charge is -2.20. The van der Waals surface area contributed by atoms with Crippen molar-refractivity contribution in [2.75, 3.05) is 13.2 Å². The molecule has 0 aliphatic heterocycles. The Morgan fingerprint density at radius 3 is 2.27 bits per heavy atom. The Kier molecular flexibility index (Phi) is 7.49. The van der Waals surface area contributed by atoms with Crippen LogP contribution in [0.5, 0.6) is 11.5 Å². The van der Waals surface area contributed by atoms with Gasteiger partial charge in [0, 0.05) is 12.4 Å². The summed E-state index contributed by atoms with van der Waals surface area (Å²) < 4.78 is 10.9. The molecule has 0 spiro atoms. The molecule has 1 N–H and O–H groups in total. The van der Waals surface area contributed by atoms with Crippen molar-refractivity contribution in [2.45, 2.75) is 25.8 Å². The van der Waals surface area contributed by atoms with Crippen LogP contribution in [0.15, 0.2) is 54.6 Å². The molecule has 2 aromatic carbocycles. The molecule has 6 nitrogen and oxygen atoms in total. The number of carboxylic acids is 1. The molecule has 6 heteroatoms. The van der Waals surface area contributed by atoms with Crippen LogP contribution in [0, 0.1) is 0 Å². The van der Waals surface area contributed by atoms with Gasteiger partial charge in [0.25, 0.3) is 5.91 Å². The minimum absolute atomic E-state index is 0.203. The summed E-state index contributed by atoms with van der Waals surface area (Å²) >= 11 is 0. The second-order valence-corrected chi connectivity index (χ2v) is 5.72. The monoisotopic (exact) mass is 356 g/mol. The summed E-state index contributed by atoms with van der Waals surface area (Å²) in [6.45, 7) is 2.41. The Bertz CT molecular complexity index is 700. The molecule has 0 aliphatic carbocycles. The SMILES string of the molecule is CCCOc1ccc(C(CC(=O)[O-])NC(=O)COc2ccccc2)cc1. The van der Waals surface area contributed by atoms with Gasteiger partial charge < -0.3 is 24.7 Å². The molecule has 0 fully saturated rings. The van der Waals surface area contributed by atoms with Gasteiger partial charge in [0.15, 0.2) is 6.61 Å². The highest BCUT2D eigenvalue weighted by atomic mass is 16.5. The molecular formula is C20H22NO5-. The normalized spacial score (nSPS) is 11.4. The van der Waals surface area contributed by atoms with E-state index in [0.717, 1.165) is 6.42 Å². The Morgan fingerprint density at radius 1 is 1.00 bits per heavy atom. The first-order valence-electron chi connectivity index (χ1n) is 8.48. The van der Waals surface area contributed by atoms with E-state index in [2.05, 4.69) is 5.32 Å². The fourth-order valence-electron chi connectivity index (χ4n) is 2.34. The molecule has 1 amide bonds. The molecular weight excluding hydrogens is 334 g/mol. The van der Waals surface area contributed by atoms with E-state index in [1.807, 2.05) is 13.0 Å². The molecule has 0 aliphatic rings. The molecule has 2 aromatic rings. The van der Waals surface area contributed by atoms with E-state index in [1.54, 1.807) is 48.5 Å². The Balaban J connectivity index is 1.97. The molecule has 1 atom stereocenters. The number of benzene rings is 2. The van der Waals surface area contributed by atoms with E-state index < -0.39 is 17.9 Å². The van der Waals surface area contributed by atoms with Crippen molar-refractivity contribution in [3.63, 3.8) is 0 Å². The quantitative estimate of drug-likeness (QED) is 0.702. The number of hydrogen-bond acceptors (Lipinski definition) is 5. The highest BCUT2D eigenvalue weighted by Crippen LogP contribution is 2.20. The third-order valence-corrected chi connectivity index (χ3v) is 3.57. The van der Waals surface area contributed by atoms with Gasteiger partial charge in [-0.1, -0.05) is 37.3 Å². The van der Waals surface area contributed by atoms with Crippen LogP contribution in [0.1, 0.15) is 31.4 Å². The van der Waals surface area contributed by atoms with E-state index >= 15 is 0 Å². The fourth-order valence-corrected chi connectivity index (χ4v) is 2.34. The molecule has 26 heavy (non-hydrogen) atoms. The standard InChI is InChI=1S/C20H23NO5/c1-2-12-25-17-10-8-15(9-11-17)18(13-20(23)24)21-19(22)14-26-16-6-4-3-5-7-16/h3-11,18H,2,12-14H2,1H3,(H,21,22)(H,23,24)/p-1. The highest BCUT2D eigenvalue weighted by Gasteiger charge is 2.15. The first kappa shape index (κ1) is 19.3. The predicted molar refractivity (Wildman–Crippen MR) is 94.7 cm³/mol. The van der Waals surface area contributed by atoms with Gasteiger partial charge in [-0.25, -0.2) is 0 Å². The molecule has 1 unspecified atom stereocenters. The van der Waals surface area contributed by atoms with Gasteiger partial charge >= 0.3 is 0 Å². The van der Waals surface area contributed by atoms with Crippen LogP contribution in [-0.2, 0) is 9.59 Å². The van der Waals surface area contributed by atoms with Crippen LogP contribution in [0.2, 0.25) is 0 Å². The number of amides is 1. The van der Waals surface area contributed by atoms with E-state index in [0.29, 0.717) is 23.7 Å². The van der Waals surface area contributed by atoms with E-state index in [4.69, 9.17) is 9.47 Å². The van der Waals surface area contributed by atoms with Crippen molar-refractivity contribution in [3.05, 3.63) is 60.2 Å². The topological polar surface area (TPSA) is 87.7 Å². The lowest BCUT2D eigenvalue weighted by molar-refractivity contribution is -0.306. The van der Waals surface area contributed by atoms with Gasteiger partial charge in [-0.15, -0.1) is 0 Å². The van der Waals surface area contributed by atoms with Crippen molar-refractivity contribution < 1.29 is 24.2 Å². The number of carboxylic acid groups (broad SMARTS) is 1. The molecule has 0 heterocycles. The van der Waals surface area contributed by atoms with Gasteiger partial charge in [0.2, 0.25) is 0 Å². The minimum atomic E-state index is -1.24. The molecule has 2 rings (SSSR count). The number of hydrogen-bond donors (Lipinski definition) is 1. The Hall–Kier alpha value is -3.02. The van der Waals surface area contributed by atoms with Crippen LogP contribution in [-0.4, -0.2) is 25.1 Å². The predicted octanol–water partition coefficient (Wildman–Crippen LogP) is 1.85. The number of para-hydroxylation sites is 1. The van der Waals surface area contributed by atoms with Gasteiger partial charge in [-0.05, 0) is 36.2 Å². The lowest BCUT2D eigenvalue weighted by Crippen LogP contribution is -2.36. The smallest absolute Gasteiger partial charge is 0.258 e. The van der Waals surface area contributed by atoms with Crippen LogP contribution in [0.3, 0.4) is 0 Å². The van der Waals surface area contributed by atoms with Crippen molar-refractivity contribution in [2.24, 2.45) is 0 Å². The Morgan fingerprint density at radius 2 is 1.65 bits per heavy atom. The van der Waals surface area contributed by atoms with E-state index in [9.17, 15) is 14.7 Å². The van der Waals surface area contributed by atoms with Crippen LogP contribution in [0.4, 0.5) is 0 Å². The summed E-state index contributed by atoms with van der Waals surface area (Å²) in [5.74, 6) is -0.393. The fraction of sp³-hybridized carbons (Fsp3) is 0.300. The molecule has 138 valence electrons. The summed E-state index contributed by atoms with van der Waals surface area (Å²) in [4.78, 5) is 23.1.